The van der Waals surface area contributed by atoms with E-state index in [1.54, 1.807) is 18.2 Å². The summed E-state index contributed by atoms with van der Waals surface area (Å²) in [6.45, 7) is 2.49. The van der Waals surface area contributed by atoms with Crippen molar-refractivity contribution in [3.63, 3.8) is 0 Å². The van der Waals surface area contributed by atoms with Crippen molar-refractivity contribution >= 4 is 11.6 Å². The maximum Gasteiger partial charge on any atom is 0.142 e. The molecule has 0 bridgehead atoms. The molecule has 4 heteroatoms. The van der Waals surface area contributed by atoms with Crippen LogP contribution in [0.2, 0.25) is 5.02 Å². The zero-order chi connectivity index (χ0) is 13.8. The number of hydrogen-bond donors (Lipinski definition) is 1. The van der Waals surface area contributed by atoms with Crippen LogP contribution in [0, 0.1) is 11.6 Å². The second-order valence-electron chi connectivity index (χ2n) is 4.40. The van der Waals surface area contributed by atoms with Gasteiger partial charge in [-0.25, -0.2) is 8.78 Å². The van der Waals surface area contributed by atoms with Crippen LogP contribution in [0.1, 0.15) is 24.1 Å². The third-order valence-corrected chi connectivity index (χ3v) is 3.27. The zero-order valence-corrected chi connectivity index (χ0v) is 11.2. The van der Waals surface area contributed by atoms with Crippen molar-refractivity contribution in [1.82, 2.24) is 5.32 Å². The molecular formula is C15H14ClF2N. The first-order chi connectivity index (χ1) is 9.06. The molecule has 0 aliphatic rings. The van der Waals surface area contributed by atoms with E-state index in [1.165, 1.54) is 24.3 Å². The Morgan fingerprint density at radius 2 is 1.79 bits per heavy atom. The third kappa shape index (κ3) is 3.75. The Labute approximate surface area is 116 Å². The number of benzene rings is 2. The molecule has 0 saturated carbocycles. The number of halogens is 3. The lowest BCUT2D eigenvalue weighted by atomic mass is 10.1. The minimum Gasteiger partial charge on any atom is -0.306 e. The van der Waals surface area contributed by atoms with Gasteiger partial charge in [0.25, 0.3) is 0 Å². The van der Waals surface area contributed by atoms with Crippen LogP contribution >= 0.6 is 11.6 Å². The van der Waals surface area contributed by atoms with Gasteiger partial charge in [-0.1, -0.05) is 29.8 Å². The molecule has 1 nitrogen and oxygen atoms in total. The van der Waals surface area contributed by atoms with Crippen LogP contribution in [0.25, 0.3) is 0 Å². The van der Waals surface area contributed by atoms with Crippen molar-refractivity contribution < 1.29 is 8.78 Å². The Balaban J connectivity index is 1.98. The highest BCUT2D eigenvalue weighted by Gasteiger charge is 2.06. The van der Waals surface area contributed by atoms with Crippen LogP contribution < -0.4 is 5.32 Å². The maximum absolute atomic E-state index is 13.3. The number of nitrogens with one attached hydrogen (secondary N) is 1. The van der Waals surface area contributed by atoms with Gasteiger partial charge in [0, 0.05) is 12.6 Å². The van der Waals surface area contributed by atoms with Gasteiger partial charge in [-0.15, -0.1) is 0 Å². The fourth-order valence-corrected chi connectivity index (χ4v) is 1.91. The van der Waals surface area contributed by atoms with Gasteiger partial charge in [0.2, 0.25) is 0 Å². The zero-order valence-electron chi connectivity index (χ0n) is 10.5. The largest absolute Gasteiger partial charge is 0.306 e. The minimum atomic E-state index is -0.421. The van der Waals surface area contributed by atoms with Crippen LogP contribution in [-0.4, -0.2) is 0 Å². The van der Waals surface area contributed by atoms with E-state index in [1.807, 2.05) is 6.92 Å². The molecule has 2 aromatic rings. The normalized spacial score (nSPS) is 12.4. The molecule has 1 unspecified atom stereocenters. The molecule has 0 aromatic heterocycles. The summed E-state index contributed by atoms with van der Waals surface area (Å²) in [5, 5.41) is 3.37. The third-order valence-electron chi connectivity index (χ3n) is 2.97. The van der Waals surface area contributed by atoms with Crippen LogP contribution in [0.5, 0.6) is 0 Å². The van der Waals surface area contributed by atoms with Crippen LogP contribution in [-0.2, 0) is 6.54 Å². The van der Waals surface area contributed by atoms with Crippen LogP contribution in [0.4, 0.5) is 8.78 Å². The Morgan fingerprint density at radius 3 is 2.42 bits per heavy atom. The number of hydrogen-bond acceptors (Lipinski definition) is 1. The lowest BCUT2D eigenvalue weighted by Gasteiger charge is -2.14. The highest BCUT2D eigenvalue weighted by atomic mass is 35.5. The molecule has 0 fully saturated rings. The quantitative estimate of drug-likeness (QED) is 0.872. The predicted molar refractivity (Wildman–Crippen MR) is 73.1 cm³/mol. The first kappa shape index (κ1) is 14.0. The summed E-state index contributed by atoms with van der Waals surface area (Å²) in [5.41, 5.74) is 1.80. The monoisotopic (exact) mass is 281 g/mol. The molecular weight excluding hydrogens is 268 g/mol. The summed E-state index contributed by atoms with van der Waals surface area (Å²) in [4.78, 5) is 0. The van der Waals surface area contributed by atoms with E-state index < -0.39 is 5.82 Å². The summed E-state index contributed by atoms with van der Waals surface area (Å²) in [6, 6.07) is 11.1. The van der Waals surface area contributed by atoms with E-state index >= 15 is 0 Å². The Morgan fingerprint density at radius 1 is 1.11 bits per heavy atom. The first-order valence-electron chi connectivity index (χ1n) is 5.99. The molecule has 1 N–H and O–H groups in total. The summed E-state index contributed by atoms with van der Waals surface area (Å²) in [5.74, 6) is -0.675. The Bertz CT molecular complexity index is 555. The number of rotatable bonds is 4. The van der Waals surface area contributed by atoms with E-state index in [-0.39, 0.29) is 16.9 Å². The van der Waals surface area contributed by atoms with Gasteiger partial charge < -0.3 is 5.32 Å². The molecule has 0 saturated heterocycles. The molecule has 2 aromatic carbocycles. The SMILES string of the molecule is CC(NCc1ccc(Cl)c(F)c1)c1ccc(F)cc1. The molecule has 0 aliphatic heterocycles. The second kappa shape index (κ2) is 6.13. The van der Waals surface area contributed by atoms with E-state index in [2.05, 4.69) is 5.32 Å². The van der Waals surface area contributed by atoms with E-state index in [9.17, 15) is 8.78 Å². The predicted octanol–water partition coefficient (Wildman–Crippen LogP) is 4.47. The second-order valence-corrected chi connectivity index (χ2v) is 4.81. The smallest absolute Gasteiger partial charge is 0.142 e. The summed E-state index contributed by atoms with van der Waals surface area (Å²) in [7, 11) is 0. The lowest BCUT2D eigenvalue weighted by Crippen LogP contribution is -2.18. The summed E-state index contributed by atoms with van der Waals surface area (Å²) >= 11 is 5.62. The highest BCUT2D eigenvalue weighted by Crippen LogP contribution is 2.17. The minimum absolute atomic E-state index is 0.0549. The lowest BCUT2D eigenvalue weighted by molar-refractivity contribution is 0.566. The highest BCUT2D eigenvalue weighted by molar-refractivity contribution is 6.30. The molecule has 0 amide bonds. The van der Waals surface area contributed by atoms with Gasteiger partial charge in [0.1, 0.15) is 11.6 Å². The van der Waals surface area contributed by atoms with Gasteiger partial charge in [-0.3, -0.25) is 0 Å². The molecule has 0 aliphatic carbocycles. The standard InChI is InChI=1S/C15H14ClF2N/c1-10(12-3-5-13(17)6-4-12)19-9-11-2-7-14(16)15(18)8-11/h2-8,10,19H,9H2,1H3. The van der Waals surface area contributed by atoms with Crippen LogP contribution in [0.15, 0.2) is 42.5 Å². The molecule has 19 heavy (non-hydrogen) atoms. The molecule has 100 valence electrons. The van der Waals surface area contributed by atoms with Gasteiger partial charge in [-0.05, 0) is 42.3 Å². The van der Waals surface area contributed by atoms with E-state index in [0.29, 0.717) is 6.54 Å². The molecule has 1 atom stereocenters. The molecule has 2 rings (SSSR count). The van der Waals surface area contributed by atoms with Crippen LogP contribution in [0.3, 0.4) is 0 Å². The van der Waals surface area contributed by atoms with Crippen molar-refractivity contribution in [3.8, 4) is 0 Å². The van der Waals surface area contributed by atoms with Gasteiger partial charge >= 0.3 is 0 Å². The Kier molecular flexibility index (Phi) is 4.51. The molecule has 0 spiro atoms. The average molecular weight is 282 g/mol. The van der Waals surface area contributed by atoms with Crippen molar-refractivity contribution in [2.75, 3.05) is 0 Å². The topological polar surface area (TPSA) is 12.0 Å². The summed E-state index contributed by atoms with van der Waals surface area (Å²) < 4.78 is 26.1. The van der Waals surface area contributed by atoms with Crippen molar-refractivity contribution in [3.05, 3.63) is 70.2 Å². The van der Waals surface area contributed by atoms with Crippen molar-refractivity contribution in [2.24, 2.45) is 0 Å². The Hall–Kier alpha value is -1.45. The van der Waals surface area contributed by atoms with Crippen molar-refractivity contribution in [1.29, 1.82) is 0 Å². The first-order valence-corrected chi connectivity index (χ1v) is 6.37. The van der Waals surface area contributed by atoms with Gasteiger partial charge in [0.15, 0.2) is 0 Å². The average Bonchev–Trinajstić information content (AvgIpc) is 2.40. The van der Waals surface area contributed by atoms with Gasteiger partial charge in [-0.2, -0.15) is 0 Å². The molecule has 0 radical (unpaired) electrons. The maximum atomic E-state index is 13.3. The van der Waals surface area contributed by atoms with E-state index in [0.717, 1.165) is 11.1 Å². The summed E-state index contributed by atoms with van der Waals surface area (Å²) in [6.07, 6.45) is 0. The fraction of sp³-hybridized carbons (Fsp3) is 0.200. The van der Waals surface area contributed by atoms with E-state index in [4.69, 9.17) is 11.6 Å². The van der Waals surface area contributed by atoms with Crippen molar-refractivity contribution in [2.45, 2.75) is 19.5 Å². The molecule has 0 heterocycles. The fourth-order valence-electron chi connectivity index (χ4n) is 1.79. The van der Waals surface area contributed by atoms with Gasteiger partial charge in [0.05, 0.1) is 5.02 Å².